The number of aliphatic hydroxyl groups excluding tert-OH is 1. The van der Waals surface area contributed by atoms with Crippen molar-refractivity contribution in [3.63, 3.8) is 0 Å². The molecule has 3 heteroatoms. The Morgan fingerprint density at radius 1 is 1.05 bits per heavy atom. The van der Waals surface area contributed by atoms with Gasteiger partial charge in [0.05, 0.1) is 0 Å². The van der Waals surface area contributed by atoms with Crippen LogP contribution in [0.2, 0.25) is 0 Å². The zero-order valence-corrected chi connectivity index (χ0v) is 12.3. The van der Waals surface area contributed by atoms with Crippen molar-refractivity contribution in [2.45, 2.75) is 46.5 Å². The molecule has 19 heavy (non-hydrogen) atoms. The van der Waals surface area contributed by atoms with E-state index in [2.05, 4.69) is 5.32 Å². The van der Waals surface area contributed by atoms with E-state index in [9.17, 15) is 4.79 Å². The van der Waals surface area contributed by atoms with Crippen LogP contribution < -0.4 is 5.32 Å². The second-order valence-electron chi connectivity index (χ2n) is 5.17. The quantitative estimate of drug-likeness (QED) is 0.743. The van der Waals surface area contributed by atoms with Gasteiger partial charge < -0.3 is 10.4 Å². The molecule has 3 nitrogen and oxygen atoms in total. The van der Waals surface area contributed by atoms with Gasteiger partial charge in [-0.05, 0) is 44.7 Å². The molecule has 0 saturated heterocycles. The molecule has 2 N–H and O–H groups in total. The molecule has 0 unspecified atom stereocenters. The predicted molar refractivity (Wildman–Crippen MR) is 78.5 cm³/mol. The van der Waals surface area contributed by atoms with Crippen LogP contribution in [-0.2, 0) is 0 Å². The van der Waals surface area contributed by atoms with Crippen molar-refractivity contribution in [2.75, 3.05) is 13.2 Å². The van der Waals surface area contributed by atoms with Crippen LogP contribution in [0.25, 0.3) is 0 Å². The van der Waals surface area contributed by atoms with Crippen LogP contribution in [0.3, 0.4) is 0 Å². The Labute approximate surface area is 116 Å². The summed E-state index contributed by atoms with van der Waals surface area (Å²) in [4.78, 5) is 12.1. The second-order valence-corrected chi connectivity index (χ2v) is 5.17. The van der Waals surface area contributed by atoms with Crippen molar-refractivity contribution in [3.05, 3.63) is 34.4 Å². The Balaban J connectivity index is 2.46. The summed E-state index contributed by atoms with van der Waals surface area (Å²) in [6.07, 6.45) is 3.89. The first kappa shape index (κ1) is 15.7. The lowest BCUT2D eigenvalue weighted by molar-refractivity contribution is 0.0951. The molecule has 1 amide bonds. The molecule has 0 fully saturated rings. The summed E-state index contributed by atoms with van der Waals surface area (Å²) in [6, 6.07) is 4.09. The van der Waals surface area contributed by atoms with E-state index < -0.39 is 0 Å². The molecule has 0 heterocycles. The highest BCUT2D eigenvalue weighted by Crippen LogP contribution is 2.16. The normalized spacial score (nSPS) is 10.5. The fourth-order valence-corrected chi connectivity index (χ4v) is 2.42. The average Bonchev–Trinajstić information content (AvgIpc) is 2.32. The number of aliphatic hydroxyl groups is 1. The molecule has 0 bridgehead atoms. The van der Waals surface area contributed by atoms with E-state index in [-0.39, 0.29) is 12.5 Å². The van der Waals surface area contributed by atoms with E-state index in [0.29, 0.717) is 6.54 Å². The molecule has 0 saturated carbocycles. The van der Waals surface area contributed by atoms with Gasteiger partial charge >= 0.3 is 0 Å². The van der Waals surface area contributed by atoms with Crippen molar-refractivity contribution in [1.82, 2.24) is 5.32 Å². The molecule has 1 aromatic carbocycles. The van der Waals surface area contributed by atoms with E-state index >= 15 is 0 Å². The summed E-state index contributed by atoms with van der Waals surface area (Å²) in [5, 5.41) is 11.6. The van der Waals surface area contributed by atoms with Gasteiger partial charge in [0.25, 0.3) is 5.91 Å². The van der Waals surface area contributed by atoms with Crippen molar-refractivity contribution in [1.29, 1.82) is 0 Å². The van der Waals surface area contributed by atoms with Crippen LogP contribution in [0.15, 0.2) is 12.1 Å². The summed E-state index contributed by atoms with van der Waals surface area (Å²) in [7, 11) is 0. The van der Waals surface area contributed by atoms with Crippen LogP contribution >= 0.6 is 0 Å². The average molecular weight is 263 g/mol. The van der Waals surface area contributed by atoms with Crippen LogP contribution in [0.1, 0.15) is 52.7 Å². The Morgan fingerprint density at radius 2 is 1.63 bits per heavy atom. The van der Waals surface area contributed by atoms with Crippen molar-refractivity contribution in [2.24, 2.45) is 0 Å². The van der Waals surface area contributed by atoms with E-state index in [4.69, 9.17) is 5.11 Å². The molecule has 0 aliphatic heterocycles. The highest BCUT2D eigenvalue weighted by atomic mass is 16.2. The number of hydrogen-bond acceptors (Lipinski definition) is 2. The fourth-order valence-electron chi connectivity index (χ4n) is 2.42. The minimum Gasteiger partial charge on any atom is -0.396 e. The Bertz CT molecular complexity index is 404. The lowest BCUT2D eigenvalue weighted by atomic mass is 9.99. The number of aryl methyl sites for hydroxylation is 3. The molecule has 1 aromatic rings. The van der Waals surface area contributed by atoms with Crippen molar-refractivity contribution < 1.29 is 9.90 Å². The van der Waals surface area contributed by atoms with Crippen LogP contribution in [0.4, 0.5) is 0 Å². The Morgan fingerprint density at radius 3 is 2.21 bits per heavy atom. The van der Waals surface area contributed by atoms with Gasteiger partial charge in [-0.25, -0.2) is 0 Å². The van der Waals surface area contributed by atoms with E-state index in [1.165, 1.54) is 5.56 Å². The number of nitrogens with one attached hydrogen (secondary N) is 1. The SMILES string of the molecule is Cc1cc(C)c(C(=O)NCCCCCCO)c(C)c1. The molecule has 0 atom stereocenters. The van der Waals surface area contributed by atoms with E-state index in [0.717, 1.165) is 42.4 Å². The summed E-state index contributed by atoms with van der Waals surface area (Å²) < 4.78 is 0. The minimum atomic E-state index is 0.0251. The summed E-state index contributed by atoms with van der Waals surface area (Å²) in [5.41, 5.74) is 4.07. The maximum Gasteiger partial charge on any atom is 0.251 e. The number of unbranched alkanes of at least 4 members (excludes halogenated alkanes) is 3. The molecule has 0 aliphatic carbocycles. The molecule has 0 spiro atoms. The number of hydrogen-bond donors (Lipinski definition) is 2. The van der Waals surface area contributed by atoms with Gasteiger partial charge in [0, 0.05) is 18.7 Å². The summed E-state index contributed by atoms with van der Waals surface area (Å²) >= 11 is 0. The number of amides is 1. The minimum absolute atomic E-state index is 0.0251. The van der Waals surface area contributed by atoms with Gasteiger partial charge in [0.2, 0.25) is 0 Å². The Kier molecular flexibility index (Phi) is 6.57. The zero-order valence-electron chi connectivity index (χ0n) is 12.3. The van der Waals surface area contributed by atoms with Crippen LogP contribution in [-0.4, -0.2) is 24.2 Å². The lowest BCUT2D eigenvalue weighted by Gasteiger charge is -2.11. The molecule has 1 rings (SSSR count). The molecule has 0 aliphatic rings. The molecular formula is C16H25NO2. The predicted octanol–water partition coefficient (Wildman–Crippen LogP) is 2.89. The van der Waals surface area contributed by atoms with Gasteiger partial charge in [-0.2, -0.15) is 0 Å². The van der Waals surface area contributed by atoms with Gasteiger partial charge in [0.15, 0.2) is 0 Å². The maximum absolute atomic E-state index is 12.1. The van der Waals surface area contributed by atoms with E-state index in [1.54, 1.807) is 0 Å². The first-order valence-electron chi connectivity index (χ1n) is 7.03. The van der Waals surface area contributed by atoms with Crippen molar-refractivity contribution in [3.8, 4) is 0 Å². The van der Waals surface area contributed by atoms with Gasteiger partial charge in [-0.1, -0.05) is 30.5 Å². The molecule has 106 valence electrons. The third-order valence-corrected chi connectivity index (χ3v) is 3.27. The maximum atomic E-state index is 12.1. The Hall–Kier alpha value is -1.35. The van der Waals surface area contributed by atoms with E-state index in [1.807, 2.05) is 32.9 Å². The number of rotatable bonds is 7. The second kappa shape index (κ2) is 7.95. The zero-order chi connectivity index (χ0) is 14.3. The molecular weight excluding hydrogens is 238 g/mol. The standard InChI is InChI=1S/C16H25NO2/c1-12-10-13(2)15(14(3)11-12)16(19)17-8-6-4-5-7-9-18/h10-11,18H,4-9H2,1-3H3,(H,17,19). The van der Waals surface area contributed by atoms with Gasteiger partial charge in [-0.15, -0.1) is 0 Å². The molecule has 0 radical (unpaired) electrons. The number of carbonyl (C=O) groups excluding carboxylic acids is 1. The smallest absolute Gasteiger partial charge is 0.251 e. The summed E-state index contributed by atoms with van der Waals surface area (Å²) in [5.74, 6) is 0.0251. The van der Waals surface area contributed by atoms with Crippen LogP contribution in [0.5, 0.6) is 0 Å². The largest absolute Gasteiger partial charge is 0.396 e. The van der Waals surface area contributed by atoms with Gasteiger partial charge in [-0.3, -0.25) is 4.79 Å². The first-order chi connectivity index (χ1) is 9.06. The van der Waals surface area contributed by atoms with Crippen molar-refractivity contribution >= 4 is 5.91 Å². The number of benzene rings is 1. The highest BCUT2D eigenvalue weighted by molar-refractivity contribution is 5.97. The monoisotopic (exact) mass is 263 g/mol. The first-order valence-corrected chi connectivity index (χ1v) is 7.03. The van der Waals surface area contributed by atoms with Crippen LogP contribution in [0, 0.1) is 20.8 Å². The van der Waals surface area contributed by atoms with Gasteiger partial charge in [0.1, 0.15) is 0 Å². The topological polar surface area (TPSA) is 49.3 Å². The summed E-state index contributed by atoms with van der Waals surface area (Å²) in [6.45, 7) is 6.97. The molecule has 0 aromatic heterocycles. The lowest BCUT2D eigenvalue weighted by Crippen LogP contribution is -2.26. The number of carbonyl (C=O) groups is 1. The third kappa shape index (κ3) is 5.03. The third-order valence-electron chi connectivity index (χ3n) is 3.27. The highest BCUT2D eigenvalue weighted by Gasteiger charge is 2.11. The fraction of sp³-hybridized carbons (Fsp3) is 0.562.